The molecule has 0 saturated carbocycles. The Kier molecular flexibility index (Phi) is 3.20. The lowest BCUT2D eigenvalue weighted by Gasteiger charge is -2.07. The van der Waals surface area contributed by atoms with Crippen LogP contribution in [-0.4, -0.2) is 20.2 Å². The van der Waals surface area contributed by atoms with Gasteiger partial charge in [0.2, 0.25) is 0 Å². The van der Waals surface area contributed by atoms with Crippen molar-refractivity contribution in [2.45, 2.75) is 12.8 Å². The van der Waals surface area contributed by atoms with Gasteiger partial charge in [-0.3, -0.25) is 0 Å². The van der Waals surface area contributed by atoms with Crippen molar-refractivity contribution in [2.24, 2.45) is 0 Å². The fraction of sp³-hybridized carbons (Fsp3) is 0.222. The Balaban J connectivity index is 2.59. The minimum absolute atomic E-state index is 0.303. The molecule has 0 aliphatic rings. The zero-order chi connectivity index (χ0) is 10.8. The number of rotatable bonds is 2. The van der Waals surface area contributed by atoms with Gasteiger partial charge in [-0.05, 0) is 57.6 Å². The van der Waals surface area contributed by atoms with Gasteiger partial charge in [0.05, 0.1) is 11.6 Å². The maximum Gasteiger partial charge on any atom is 0.171 e. The molecule has 0 bridgehead atoms. The van der Waals surface area contributed by atoms with Crippen LogP contribution < -0.4 is 0 Å². The summed E-state index contributed by atoms with van der Waals surface area (Å²) in [5.41, 5.74) is 2.12. The fourth-order valence-corrected chi connectivity index (χ4v) is 1.95. The van der Waals surface area contributed by atoms with E-state index in [1.165, 1.54) is 3.57 Å². The topological polar surface area (TPSA) is 43.6 Å². The van der Waals surface area contributed by atoms with Crippen molar-refractivity contribution in [2.75, 3.05) is 0 Å². The van der Waals surface area contributed by atoms with E-state index >= 15 is 0 Å². The molecule has 0 aliphatic carbocycles. The summed E-state index contributed by atoms with van der Waals surface area (Å²) >= 11 is 8.03. The molecule has 1 aromatic carbocycles. The van der Waals surface area contributed by atoms with Gasteiger partial charge in [-0.15, -0.1) is 16.7 Å². The number of aromatic nitrogens is 4. The van der Waals surface area contributed by atoms with Gasteiger partial charge in [0, 0.05) is 3.57 Å². The minimum Gasteiger partial charge on any atom is -0.196 e. The SMILES string of the molecule is Cc1c(I)cccc1-n1nnnc1CCl. The van der Waals surface area contributed by atoms with Crippen LogP contribution >= 0.6 is 34.2 Å². The molecule has 6 heteroatoms. The quantitative estimate of drug-likeness (QED) is 0.625. The summed E-state index contributed by atoms with van der Waals surface area (Å²) in [6.45, 7) is 2.04. The molecule has 0 saturated heterocycles. The van der Waals surface area contributed by atoms with Gasteiger partial charge in [-0.2, -0.15) is 4.68 Å². The molecule has 78 valence electrons. The largest absolute Gasteiger partial charge is 0.196 e. The summed E-state index contributed by atoms with van der Waals surface area (Å²) in [6, 6.07) is 6.00. The standard InChI is InChI=1S/C9H8ClIN4/c1-6-7(11)3-2-4-8(6)15-9(5-10)12-13-14-15/h2-4H,5H2,1H3. The molecule has 0 fully saturated rings. The average Bonchev–Trinajstić information content (AvgIpc) is 2.70. The first kappa shape index (κ1) is 10.8. The van der Waals surface area contributed by atoms with E-state index < -0.39 is 0 Å². The molecule has 1 aromatic heterocycles. The maximum atomic E-state index is 5.75. The number of tetrazole rings is 1. The van der Waals surface area contributed by atoms with Crippen LogP contribution in [-0.2, 0) is 5.88 Å². The van der Waals surface area contributed by atoms with Crippen LogP contribution in [0.2, 0.25) is 0 Å². The van der Waals surface area contributed by atoms with E-state index in [1.807, 2.05) is 25.1 Å². The molecule has 2 aromatic rings. The number of alkyl halides is 1. The first-order valence-electron chi connectivity index (χ1n) is 4.32. The van der Waals surface area contributed by atoms with E-state index in [1.54, 1.807) is 4.68 Å². The maximum absolute atomic E-state index is 5.75. The summed E-state index contributed by atoms with van der Waals surface area (Å²) in [7, 11) is 0. The number of hydrogen-bond donors (Lipinski definition) is 0. The molecule has 1 heterocycles. The molecule has 0 spiro atoms. The molecule has 2 rings (SSSR count). The number of halogens is 2. The Hall–Kier alpha value is -0.690. The lowest BCUT2D eigenvalue weighted by Crippen LogP contribution is -2.04. The Labute approximate surface area is 106 Å². The highest BCUT2D eigenvalue weighted by molar-refractivity contribution is 14.1. The summed E-state index contributed by atoms with van der Waals surface area (Å²) in [6.07, 6.45) is 0. The smallest absolute Gasteiger partial charge is 0.171 e. The van der Waals surface area contributed by atoms with Crippen LogP contribution in [0.5, 0.6) is 0 Å². The predicted octanol–water partition coefficient (Wildman–Crippen LogP) is 2.31. The second-order valence-corrected chi connectivity index (χ2v) is 4.45. The van der Waals surface area contributed by atoms with Crippen molar-refractivity contribution < 1.29 is 0 Å². The number of nitrogens with zero attached hydrogens (tertiary/aromatic N) is 4. The lowest BCUT2D eigenvalue weighted by atomic mass is 10.2. The minimum atomic E-state index is 0.303. The monoisotopic (exact) mass is 334 g/mol. The Bertz CT molecular complexity index is 483. The van der Waals surface area contributed by atoms with Crippen molar-refractivity contribution >= 4 is 34.2 Å². The third-order valence-electron chi connectivity index (χ3n) is 2.12. The molecule has 0 atom stereocenters. The normalized spacial score (nSPS) is 10.6. The van der Waals surface area contributed by atoms with Crippen LogP contribution in [0.15, 0.2) is 18.2 Å². The second kappa shape index (κ2) is 4.44. The summed E-state index contributed by atoms with van der Waals surface area (Å²) in [4.78, 5) is 0. The van der Waals surface area contributed by atoms with Crippen molar-refractivity contribution in [3.8, 4) is 5.69 Å². The van der Waals surface area contributed by atoms with E-state index in [-0.39, 0.29) is 0 Å². The molecule has 0 aliphatic heterocycles. The average molecular weight is 335 g/mol. The van der Waals surface area contributed by atoms with Crippen LogP contribution in [0, 0.1) is 10.5 Å². The molecule has 0 N–H and O–H groups in total. The number of benzene rings is 1. The predicted molar refractivity (Wildman–Crippen MR) is 66.2 cm³/mol. The fourth-order valence-electron chi connectivity index (χ4n) is 1.30. The van der Waals surface area contributed by atoms with Crippen molar-refractivity contribution in [1.82, 2.24) is 20.2 Å². The van der Waals surface area contributed by atoms with Gasteiger partial charge in [0.15, 0.2) is 5.82 Å². The zero-order valence-corrected chi connectivity index (χ0v) is 10.9. The molecule has 15 heavy (non-hydrogen) atoms. The third-order valence-corrected chi connectivity index (χ3v) is 3.53. The van der Waals surface area contributed by atoms with Crippen molar-refractivity contribution in [3.63, 3.8) is 0 Å². The molecular formula is C9H8ClIN4. The third kappa shape index (κ3) is 1.98. The molecule has 0 amide bonds. The first-order valence-corrected chi connectivity index (χ1v) is 5.94. The highest BCUT2D eigenvalue weighted by atomic mass is 127. The van der Waals surface area contributed by atoms with Crippen molar-refractivity contribution in [1.29, 1.82) is 0 Å². The van der Waals surface area contributed by atoms with E-state index in [4.69, 9.17) is 11.6 Å². The summed E-state index contributed by atoms with van der Waals surface area (Å²) in [5.74, 6) is 0.958. The van der Waals surface area contributed by atoms with Gasteiger partial charge < -0.3 is 0 Å². The van der Waals surface area contributed by atoms with Gasteiger partial charge in [0.25, 0.3) is 0 Å². The molecular weight excluding hydrogens is 326 g/mol. The van der Waals surface area contributed by atoms with Crippen LogP contribution in [0.1, 0.15) is 11.4 Å². The zero-order valence-electron chi connectivity index (χ0n) is 7.98. The second-order valence-electron chi connectivity index (χ2n) is 3.02. The molecule has 0 unspecified atom stereocenters. The van der Waals surface area contributed by atoms with Crippen LogP contribution in [0.4, 0.5) is 0 Å². The highest BCUT2D eigenvalue weighted by Gasteiger charge is 2.10. The number of hydrogen-bond acceptors (Lipinski definition) is 3. The van der Waals surface area contributed by atoms with Crippen molar-refractivity contribution in [3.05, 3.63) is 33.2 Å². The van der Waals surface area contributed by atoms with E-state index in [0.29, 0.717) is 11.7 Å². The Morgan fingerprint density at radius 3 is 3.00 bits per heavy atom. The van der Waals surface area contributed by atoms with Gasteiger partial charge >= 0.3 is 0 Å². The highest BCUT2D eigenvalue weighted by Crippen LogP contribution is 2.19. The van der Waals surface area contributed by atoms with Gasteiger partial charge in [-0.1, -0.05) is 6.07 Å². The molecule has 4 nitrogen and oxygen atoms in total. The summed E-state index contributed by atoms with van der Waals surface area (Å²) < 4.78 is 2.85. The summed E-state index contributed by atoms with van der Waals surface area (Å²) in [5, 5.41) is 11.4. The van der Waals surface area contributed by atoms with Gasteiger partial charge in [0.1, 0.15) is 0 Å². The van der Waals surface area contributed by atoms with Gasteiger partial charge in [-0.25, -0.2) is 0 Å². The Morgan fingerprint density at radius 1 is 1.47 bits per heavy atom. The van der Waals surface area contributed by atoms with E-state index in [0.717, 1.165) is 11.3 Å². The van der Waals surface area contributed by atoms with E-state index in [9.17, 15) is 0 Å². The molecule has 0 radical (unpaired) electrons. The van der Waals surface area contributed by atoms with E-state index in [2.05, 4.69) is 38.1 Å². The Morgan fingerprint density at radius 2 is 2.27 bits per heavy atom. The van der Waals surface area contributed by atoms with Crippen LogP contribution in [0.25, 0.3) is 5.69 Å². The first-order chi connectivity index (χ1) is 7.24. The lowest BCUT2D eigenvalue weighted by molar-refractivity contribution is 0.772. The van der Waals surface area contributed by atoms with Crippen LogP contribution in [0.3, 0.4) is 0 Å².